The molecule has 0 aliphatic rings. The first-order valence-corrected chi connectivity index (χ1v) is 7.48. The zero-order chi connectivity index (χ0) is 16.6. The Morgan fingerprint density at radius 3 is 2.36 bits per heavy atom. The van der Waals surface area contributed by atoms with Crippen LogP contribution in [-0.4, -0.2) is 44.9 Å². The summed E-state index contributed by atoms with van der Waals surface area (Å²) < 4.78 is 12.3. The van der Waals surface area contributed by atoms with Gasteiger partial charge in [0.2, 0.25) is 0 Å². The molecule has 22 heavy (non-hydrogen) atoms. The van der Waals surface area contributed by atoms with Crippen LogP contribution in [-0.2, 0) is 0 Å². The topological polar surface area (TPSA) is 18.5 Å². The summed E-state index contributed by atoms with van der Waals surface area (Å²) in [6, 6.07) is 5.86. The van der Waals surface area contributed by atoms with Crippen molar-refractivity contribution in [3.63, 3.8) is 0 Å². The Labute approximate surface area is 134 Å². The van der Waals surface area contributed by atoms with Crippen molar-refractivity contribution in [1.82, 2.24) is 0 Å². The van der Waals surface area contributed by atoms with Gasteiger partial charge in [-0.05, 0) is 30.7 Å². The average Bonchev–Trinajstić information content (AvgIpc) is 2.47. The number of benzene rings is 1. The second kappa shape index (κ2) is 8.44. The quantitative estimate of drug-likeness (QED) is 0.482. The van der Waals surface area contributed by atoms with E-state index in [0.717, 1.165) is 46.8 Å². The van der Waals surface area contributed by atoms with Crippen LogP contribution in [0, 0.1) is 0 Å². The molecule has 0 amide bonds. The first-order valence-electron chi connectivity index (χ1n) is 7.48. The van der Waals surface area contributed by atoms with Gasteiger partial charge in [0.25, 0.3) is 0 Å². The lowest BCUT2D eigenvalue weighted by Crippen LogP contribution is -2.46. The van der Waals surface area contributed by atoms with Crippen LogP contribution >= 0.6 is 0 Å². The van der Waals surface area contributed by atoms with E-state index in [-0.39, 0.29) is 0 Å². The molecule has 0 N–H and O–H groups in total. The largest absolute Gasteiger partial charge is 0.493 e. The van der Waals surface area contributed by atoms with Crippen molar-refractivity contribution in [2.45, 2.75) is 6.92 Å². The Bertz CT molecular complexity index is 524. The smallest absolute Gasteiger partial charge is 0.168 e. The number of rotatable bonds is 10. The minimum atomic E-state index is 0.596. The molecule has 0 heterocycles. The molecule has 0 atom stereocenters. The van der Waals surface area contributed by atoms with Crippen LogP contribution in [0.15, 0.2) is 50.1 Å². The first-order chi connectivity index (χ1) is 10.5. The lowest BCUT2D eigenvalue weighted by atomic mass is 10.1. The molecule has 0 saturated carbocycles. The van der Waals surface area contributed by atoms with Gasteiger partial charge in [-0.2, -0.15) is 0 Å². The summed E-state index contributed by atoms with van der Waals surface area (Å²) in [5.41, 5.74) is 1.95. The van der Waals surface area contributed by atoms with Gasteiger partial charge >= 0.3 is 0 Å². The third-order valence-corrected chi connectivity index (χ3v) is 3.68. The molecule has 0 saturated heterocycles. The number of para-hydroxylation sites is 1. The number of ether oxygens (including phenoxy) is 2. The zero-order valence-corrected chi connectivity index (χ0v) is 14.1. The van der Waals surface area contributed by atoms with Crippen LogP contribution < -0.4 is 9.47 Å². The van der Waals surface area contributed by atoms with Crippen LogP contribution in [0.2, 0.25) is 0 Å². The summed E-state index contributed by atoms with van der Waals surface area (Å²) in [6.07, 6.45) is 3.87. The molecule has 0 fully saturated rings. The second-order valence-corrected chi connectivity index (χ2v) is 5.75. The number of hydrogen-bond donors (Lipinski definition) is 0. The number of hydrogen-bond acceptors (Lipinski definition) is 2. The molecule has 0 aromatic heterocycles. The van der Waals surface area contributed by atoms with E-state index in [1.807, 2.05) is 37.3 Å². The lowest BCUT2D eigenvalue weighted by Gasteiger charge is -2.32. The molecule has 1 aromatic carbocycles. The molecular formula is C19H28NO2+. The fraction of sp³-hybridized carbons (Fsp3) is 0.368. The predicted molar refractivity (Wildman–Crippen MR) is 94.4 cm³/mol. The summed E-state index contributed by atoms with van der Waals surface area (Å²) in [5.74, 6) is 1.50. The SMILES string of the molecule is C=CC[N+](C)(CC=C)CCOc1c(OC)cccc1C(=C)C. The molecule has 3 heteroatoms. The fourth-order valence-corrected chi connectivity index (χ4v) is 2.41. The molecule has 0 unspecified atom stereocenters. The molecule has 120 valence electrons. The third kappa shape index (κ3) is 4.78. The standard InChI is InChI=1S/C19H28NO2/c1-7-12-20(5,13-8-2)14-15-22-19-17(16(3)4)10-9-11-18(19)21-6/h7-11H,1-3,12-15H2,4-6H3/q+1. The van der Waals surface area contributed by atoms with Gasteiger partial charge in [0.1, 0.15) is 13.2 Å². The van der Waals surface area contributed by atoms with Gasteiger partial charge in [0.15, 0.2) is 11.5 Å². The Kier molecular flexibility index (Phi) is 6.93. The second-order valence-electron chi connectivity index (χ2n) is 5.75. The highest BCUT2D eigenvalue weighted by Crippen LogP contribution is 2.34. The number of methoxy groups -OCH3 is 1. The van der Waals surface area contributed by atoms with Crippen molar-refractivity contribution < 1.29 is 14.0 Å². The normalized spacial score (nSPS) is 10.9. The molecule has 0 aliphatic heterocycles. The van der Waals surface area contributed by atoms with Gasteiger partial charge in [0.05, 0.1) is 27.2 Å². The number of nitrogens with zero attached hydrogens (tertiary/aromatic N) is 1. The number of likely N-dealkylation sites (N-methyl/N-ethyl adjacent to an activating group) is 1. The average molecular weight is 302 g/mol. The Hall–Kier alpha value is -2.00. The van der Waals surface area contributed by atoms with Crippen LogP contribution in [0.4, 0.5) is 0 Å². The molecule has 0 aliphatic carbocycles. The highest BCUT2D eigenvalue weighted by atomic mass is 16.5. The highest BCUT2D eigenvalue weighted by Gasteiger charge is 2.19. The van der Waals surface area contributed by atoms with Crippen LogP contribution in [0.5, 0.6) is 11.5 Å². The Balaban J connectivity index is 2.85. The first kappa shape index (κ1) is 18.1. The summed E-state index contributed by atoms with van der Waals surface area (Å²) >= 11 is 0. The maximum Gasteiger partial charge on any atom is 0.168 e. The number of quaternary nitrogens is 1. The van der Waals surface area contributed by atoms with Gasteiger partial charge in [-0.25, -0.2) is 0 Å². The van der Waals surface area contributed by atoms with Crippen LogP contribution in [0.25, 0.3) is 5.57 Å². The van der Waals surface area contributed by atoms with Crippen molar-refractivity contribution >= 4 is 5.57 Å². The van der Waals surface area contributed by atoms with Crippen LogP contribution in [0.3, 0.4) is 0 Å². The molecule has 0 spiro atoms. The summed E-state index contributed by atoms with van der Waals surface area (Å²) in [5, 5.41) is 0. The predicted octanol–water partition coefficient (Wildman–Crippen LogP) is 3.93. The minimum Gasteiger partial charge on any atom is -0.493 e. The van der Waals surface area contributed by atoms with E-state index in [1.54, 1.807) is 7.11 Å². The molecule has 1 aromatic rings. The zero-order valence-electron chi connectivity index (χ0n) is 14.1. The van der Waals surface area contributed by atoms with E-state index in [1.165, 1.54) is 0 Å². The summed E-state index contributed by atoms with van der Waals surface area (Å²) in [4.78, 5) is 0. The Morgan fingerprint density at radius 2 is 1.86 bits per heavy atom. The molecule has 0 radical (unpaired) electrons. The van der Waals surface area contributed by atoms with Gasteiger partial charge in [0, 0.05) is 5.56 Å². The van der Waals surface area contributed by atoms with Gasteiger partial charge in [-0.3, -0.25) is 0 Å². The highest BCUT2D eigenvalue weighted by molar-refractivity contribution is 5.70. The maximum atomic E-state index is 6.04. The fourth-order valence-electron chi connectivity index (χ4n) is 2.41. The van der Waals surface area contributed by atoms with E-state index in [0.29, 0.717) is 6.61 Å². The maximum absolute atomic E-state index is 6.04. The van der Waals surface area contributed by atoms with E-state index in [2.05, 4.69) is 26.8 Å². The van der Waals surface area contributed by atoms with Crippen molar-refractivity contribution in [2.75, 3.05) is 40.4 Å². The molecule has 0 bridgehead atoms. The summed E-state index contributed by atoms with van der Waals surface area (Å²) in [6.45, 7) is 16.9. The Morgan fingerprint density at radius 1 is 1.23 bits per heavy atom. The van der Waals surface area contributed by atoms with Gasteiger partial charge < -0.3 is 14.0 Å². The number of allylic oxidation sites excluding steroid dienone is 1. The minimum absolute atomic E-state index is 0.596. The molecule has 3 nitrogen and oxygen atoms in total. The van der Waals surface area contributed by atoms with Crippen molar-refractivity contribution in [2.24, 2.45) is 0 Å². The van der Waals surface area contributed by atoms with Gasteiger partial charge in [-0.1, -0.05) is 31.9 Å². The van der Waals surface area contributed by atoms with Gasteiger partial charge in [-0.15, -0.1) is 0 Å². The third-order valence-electron chi connectivity index (χ3n) is 3.68. The van der Waals surface area contributed by atoms with E-state index >= 15 is 0 Å². The van der Waals surface area contributed by atoms with Crippen molar-refractivity contribution in [3.05, 3.63) is 55.7 Å². The van der Waals surface area contributed by atoms with Crippen LogP contribution in [0.1, 0.15) is 12.5 Å². The van der Waals surface area contributed by atoms with E-state index < -0.39 is 0 Å². The van der Waals surface area contributed by atoms with E-state index in [4.69, 9.17) is 9.47 Å². The summed E-state index contributed by atoms with van der Waals surface area (Å²) in [7, 11) is 3.83. The molecule has 1 rings (SSSR count). The molecular weight excluding hydrogens is 274 g/mol. The van der Waals surface area contributed by atoms with Crippen molar-refractivity contribution in [1.29, 1.82) is 0 Å². The monoisotopic (exact) mass is 302 g/mol. The lowest BCUT2D eigenvalue weighted by molar-refractivity contribution is -0.898. The van der Waals surface area contributed by atoms with Crippen molar-refractivity contribution in [3.8, 4) is 11.5 Å². The van der Waals surface area contributed by atoms with E-state index in [9.17, 15) is 0 Å².